The van der Waals surface area contributed by atoms with Crippen molar-refractivity contribution in [2.24, 2.45) is 4.99 Å². The molecule has 6 nitrogen and oxygen atoms in total. The minimum atomic E-state index is -0.405. The number of rotatable bonds is 3. The molecule has 0 aliphatic carbocycles. The van der Waals surface area contributed by atoms with E-state index >= 15 is 0 Å². The lowest BCUT2D eigenvalue weighted by Gasteiger charge is -2.18. The van der Waals surface area contributed by atoms with Gasteiger partial charge in [0.1, 0.15) is 11.2 Å². The van der Waals surface area contributed by atoms with Gasteiger partial charge >= 0.3 is 5.00 Å². The number of nitrogens with zero attached hydrogens (tertiary/aromatic N) is 4. The van der Waals surface area contributed by atoms with E-state index in [0.717, 1.165) is 40.5 Å². The third-order valence-corrected chi connectivity index (χ3v) is 4.73. The Bertz CT molecular complexity index is 911. The van der Waals surface area contributed by atoms with Gasteiger partial charge in [0.05, 0.1) is 28.6 Å². The van der Waals surface area contributed by atoms with Crippen LogP contribution in [0, 0.1) is 10.1 Å². The van der Waals surface area contributed by atoms with Crippen molar-refractivity contribution in [1.29, 1.82) is 0 Å². The highest BCUT2D eigenvalue weighted by Gasteiger charge is 2.22. The van der Waals surface area contributed by atoms with E-state index in [1.54, 1.807) is 0 Å². The average Bonchev–Trinajstić information content (AvgIpc) is 3.22. The van der Waals surface area contributed by atoms with E-state index in [1.807, 2.05) is 42.5 Å². The first-order chi connectivity index (χ1) is 11.2. The van der Waals surface area contributed by atoms with Crippen LogP contribution < -0.4 is 0 Å². The summed E-state index contributed by atoms with van der Waals surface area (Å²) in [5.41, 5.74) is 3.95. The molecule has 0 fully saturated rings. The number of nitro groups is 1. The Morgan fingerprint density at radius 3 is 2.65 bits per heavy atom. The molecule has 0 N–H and O–H groups in total. The van der Waals surface area contributed by atoms with E-state index in [0.29, 0.717) is 11.6 Å². The standard InChI is InChI=1S/C16H12N4O2S/c21-20(22)14-10-18-16(23-14)13-7-6-12-15(17-8-9-19(12)13)11-4-2-1-3-5-11/h1-7,10H,8-9H2. The zero-order chi connectivity index (χ0) is 15.8. The first-order valence-electron chi connectivity index (χ1n) is 7.14. The maximum Gasteiger partial charge on any atom is 0.344 e. The summed E-state index contributed by atoms with van der Waals surface area (Å²) in [5, 5.41) is 11.6. The van der Waals surface area contributed by atoms with Crippen LogP contribution >= 0.6 is 11.3 Å². The number of hydrogen-bond donors (Lipinski definition) is 0. The van der Waals surface area contributed by atoms with Crippen LogP contribution in [0.1, 0.15) is 11.3 Å². The van der Waals surface area contributed by atoms with E-state index in [4.69, 9.17) is 0 Å². The molecule has 0 saturated carbocycles. The van der Waals surface area contributed by atoms with Crippen molar-refractivity contribution in [3.8, 4) is 10.7 Å². The van der Waals surface area contributed by atoms with Crippen molar-refractivity contribution < 1.29 is 4.92 Å². The van der Waals surface area contributed by atoms with Crippen LogP contribution in [0.4, 0.5) is 5.00 Å². The second-order valence-electron chi connectivity index (χ2n) is 5.11. The summed E-state index contributed by atoms with van der Waals surface area (Å²) in [6.45, 7) is 1.44. The molecule has 0 radical (unpaired) electrons. The lowest BCUT2D eigenvalue weighted by Crippen LogP contribution is -2.19. The summed E-state index contributed by atoms with van der Waals surface area (Å²) in [7, 11) is 0. The fourth-order valence-electron chi connectivity index (χ4n) is 2.75. The van der Waals surface area contributed by atoms with Gasteiger partial charge in [-0.2, -0.15) is 0 Å². The van der Waals surface area contributed by atoms with E-state index in [1.165, 1.54) is 6.20 Å². The third kappa shape index (κ3) is 2.35. The van der Waals surface area contributed by atoms with Gasteiger partial charge in [-0.05, 0) is 23.5 Å². The predicted octanol–water partition coefficient (Wildman–Crippen LogP) is 3.37. The summed E-state index contributed by atoms with van der Waals surface area (Å²) in [6, 6.07) is 14.0. The molecule has 3 heterocycles. The summed E-state index contributed by atoms with van der Waals surface area (Å²) in [6.07, 6.45) is 1.31. The van der Waals surface area contributed by atoms with E-state index < -0.39 is 4.92 Å². The van der Waals surface area contributed by atoms with Crippen LogP contribution in [-0.2, 0) is 6.54 Å². The Labute approximate surface area is 135 Å². The molecule has 1 aromatic carbocycles. The fraction of sp³-hybridized carbons (Fsp3) is 0.125. The molecule has 114 valence electrons. The highest BCUT2D eigenvalue weighted by molar-refractivity contribution is 7.18. The number of fused-ring (bicyclic) bond motifs is 1. The minimum Gasteiger partial charge on any atom is -0.335 e. The molecule has 1 aliphatic rings. The number of aliphatic imine (C=N–C) groups is 1. The Kier molecular flexibility index (Phi) is 3.27. The molecule has 7 heteroatoms. The maximum absolute atomic E-state index is 10.9. The van der Waals surface area contributed by atoms with E-state index in [2.05, 4.69) is 14.5 Å². The van der Waals surface area contributed by atoms with Crippen LogP contribution in [0.2, 0.25) is 0 Å². The first kappa shape index (κ1) is 13.8. The lowest BCUT2D eigenvalue weighted by molar-refractivity contribution is -0.380. The topological polar surface area (TPSA) is 73.3 Å². The summed E-state index contributed by atoms with van der Waals surface area (Å²) >= 11 is 1.10. The molecule has 0 atom stereocenters. The maximum atomic E-state index is 10.9. The summed E-state index contributed by atoms with van der Waals surface area (Å²) < 4.78 is 2.14. The van der Waals surface area contributed by atoms with Crippen LogP contribution in [0.3, 0.4) is 0 Å². The molecular formula is C16H12N4O2S. The number of hydrogen-bond acceptors (Lipinski definition) is 5. The zero-order valence-electron chi connectivity index (χ0n) is 12.0. The van der Waals surface area contributed by atoms with Crippen molar-refractivity contribution in [3.63, 3.8) is 0 Å². The number of benzene rings is 1. The molecule has 2 aromatic heterocycles. The summed E-state index contributed by atoms with van der Waals surface area (Å²) in [5.74, 6) is 0. The van der Waals surface area contributed by atoms with Crippen molar-refractivity contribution in [1.82, 2.24) is 9.55 Å². The van der Waals surface area contributed by atoms with Gasteiger partial charge in [0.15, 0.2) is 0 Å². The smallest absolute Gasteiger partial charge is 0.335 e. The molecule has 0 bridgehead atoms. The molecule has 0 saturated heterocycles. The van der Waals surface area contributed by atoms with Crippen LogP contribution in [0.15, 0.2) is 53.7 Å². The Morgan fingerprint density at radius 2 is 1.91 bits per heavy atom. The second kappa shape index (κ2) is 5.44. The van der Waals surface area contributed by atoms with Crippen molar-refractivity contribution in [2.75, 3.05) is 6.54 Å². The molecule has 0 amide bonds. The van der Waals surface area contributed by atoms with Crippen molar-refractivity contribution in [2.45, 2.75) is 6.54 Å². The van der Waals surface area contributed by atoms with Gasteiger partial charge in [-0.25, -0.2) is 4.98 Å². The highest BCUT2D eigenvalue weighted by atomic mass is 32.1. The Balaban J connectivity index is 1.78. The van der Waals surface area contributed by atoms with Gasteiger partial charge in [-0.1, -0.05) is 30.3 Å². The van der Waals surface area contributed by atoms with Crippen LogP contribution in [-0.4, -0.2) is 26.7 Å². The molecule has 23 heavy (non-hydrogen) atoms. The number of thiazole rings is 1. The van der Waals surface area contributed by atoms with E-state index in [-0.39, 0.29) is 5.00 Å². The van der Waals surface area contributed by atoms with Gasteiger partial charge in [0.25, 0.3) is 0 Å². The Morgan fingerprint density at radius 1 is 1.13 bits per heavy atom. The Hall–Kier alpha value is -2.80. The molecule has 0 unspecified atom stereocenters. The zero-order valence-corrected chi connectivity index (χ0v) is 12.9. The average molecular weight is 324 g/mol. The molecule has 3 aromatic rings. The predicted molar refractivity (Wildman–Crippen MR) is 89.1 cm³/mol. The third-order valence-electron chi connectivity index (χ3n) is 3.76. The van der Waals surface area contributed by atoms with Gasteiger partial charge in [-0.3, -0.25) is 15.1 Å². The fourth-order valence-corrected chi connectivity index (χ4v) is 3.51. The van der Waals surface area contributed by atoms with E-state index in [9.17, 15) is 10.1 Å². The van der Waals surface area contributed by atoms with Gasteiger partial charge in [-0.15, -0.1) is 0 Å². The molecular weight excluding hydrogens is 312 g/mol. The largest absolute Gasteiger partial charge is 0.344 e. The highest BCUT2D eigenvalue weighted by Crippen LogP contribution is 2.32. The van der Waals surface area contributed by atoms with Crippen LogP contribution in [0.5, 0.6) is 0 Å². The normalized spacial score (nSPS) is 13.5. The molecule has 4 rings (SSSR count). The van der Waals surface area contributed by atoms with Gasteiger partial charge < -0.3 is 4.57 Å². The minimum absolute atomic E-state index is 0.0586. The van der Waals surface area contributed by atoms with Gasteiger partial charge in [0, 0.05) is 12.1 Å². The van der Waals surface area contributed by atoms with Gasteiger partial charge in [0.2, 0.25) is 0 Å². The van der Waals surface area contributed by atoms with Crippen molar-refractivity contribution in [3.05, 3.63) is 70.0 Å². The lowest BCUT2D eigenvalue weighted by atomic mass is 10.1. The summed E-state index contributed by atoms with van der Waals surface area (Å²) in [4.78, 5) is 19.3. The van der Waals surface area contributed by atoms with Crippen LogP contribution in [0.25, 0.3) is 10.7 Å². The SMILES string of the molecule is O=[N+]([O-])c1cnc(-c2ccc3n2CCN=C3c2ccccc2)s1. The first-order valence-corrected chi connectivity index (χ1v) is 7.96. The molecule has 0 spiro atoms. The second-order valence-corrected chi connectivity index (χ2v) is 6.12. The van der Waals surface area contributed by atoms with Crippen molar-refractivity contribution >= 4 is 22.0 Å². The monoisotopic (exact) mass is 324 g/mol. The molecule has 1 aliphatic heterocycles. The number of aromatic nitrogens is 2. The quantitative estimate of drug-likeness (QED) is 0.547.